The Labute approximate surface area is 201 Å². The van der Waals surface area contributed by atoms with E-state index in [2.05, 4.69) is 35.2 Å². The number of benzene rings is 3. The molecule has 1 amide bonds. The Morgan fingerprint density at radius 1 is 0.971 bits per heavy atom. The number of amides is 1. The third-order valence-electron chi connectivity index (χ3n) is 6.15. The third-order valence-corrected chi connectivity index (χ3v) is 6.15. The zero-order valence-electron chi connectivity index (χ0n) is 20.1. The molecule has 0 N–H and O–H groups in total. The van der Waals surface area contributed by atoms with Crippen LogP contribution in [0, 0.1) is 0 Å². The number of methoxy groups -OCH3 is 2. The number of rotatable bonds is 9. The Hall–Kier alpha value is -3.67. The number of likely N-dealkylation sites (N-methyl/N-ethyl adjacent to an activating group) is 1. The van der Waals surface area contributed by atoms with Gasteiger partial charge in [-0.2, -0.15) is 0 Å². The van der Waals surface area contributed by atoms with Gasteiger partial charge in [-0.1, -0.05) is 48.5 Å². The third kappa shape index (κ3) is 5.63. The van der Waals surface area contributed by atoms with Crippen LogP contribution in [0.4, 0.5) is 5.69 Å². The largest absolute Gasteiger partial charge is 0.493 e. The van der Waals surface area contributed by atoms with Crippen LogP contribution in [0.25, 0.3) is 0 Å². The molecule has 6 heteroatoms. The quantitative estimate of drug-likeness (QED) is 0.469. The molecule has 1 heterocycles. The van der Waals surface area contributed by atoms with Crippen LogP contribution in [-0.4, -0.2) is 51.3 Å². The topological polar surface area (TPSA) is 51.2 Å². The fourth-order valence-electron chi connectivity index (χ4n) is 4.25. The number of ether oxygens (including phenoxy) is 3. The monoisotopic (exact) mass is 460 g/mol. The second-order valence-electron chi connectivity index (χ2n) is 8.53. The van der Waals surface area contributed by atoms with E-state index in [1.165, 1.54) is 5.56 Å². The Kier molecular flexibility index (Phi) is 7.58. The number of carbonyl (C=O) groups is 1. The molecule has 178 valence electrons. The van der Waals surface area contributed by atoms with Gasteiger partial charge < -0.3 is 24.0 Å². The standard InChI is InChI=1S/C28H32N2O4/c1-29(16-15-21-13-14-26(32-2)27(17-21)33-3)28(31)18-23-20-30(19-22-9-5-4-6-10-22)24-11-7-8-12-25(24)34-23/h4-14,17,23H,15-16,18-20H2,1-3H3. The molecule has 6 nitrogen and oxygen atoms in total. The number of nitrogens with zero attached hydrogens (tertiary/aromatic N) is 2. The maximum Gasteiger partial charge on any atom is 0.226 e. The van der Waals surface area contributed by atoms with E-state index in [0.29, 0.717) is 31.0 Å². The van der Waals surface area contributed by atoms with Crippen LogP contribution in [0.3, 0.4) is 0 Å². The SMILES string of the molecule is COc1ccc(CCN(C)C(=O)CC2CN(Cc3ccccc3)c3ccccc3O2)cc1OC. The van der Waals surface area contributed by atoms with E-state index in [9.17, 15) is 4.79 Å². The predicted octanol–water partition coefficient (Wildman–Crippen LogP) is 4.56. The highest BCUT2D eigenvalue weighted by atomic mass is 16.5. The van der Waals surface area contributed by atoms with Gasteiger partial charge in [-0.15, -0.1) is 0 Å². The normalized spacial score (nSPS) is 14.7. The lowest BCUT2D eigenvalue weighted by Gasteiger charge is -2.36. The first-order valence-electron chi connectivity index (χ1n) is 11.6. The molecule has 3 aromatic carbocycles. The van der Waals surface area contributed by atoms with Crippen molar-refractivity contribution in [3.05, 3.63) is 83.9 Å². The van der Waals surface area contributed by atoms with E-state index in [1.54, 1.807) is 19.1 Å². The molecule has 0 bridgehead atoms. The summed E-state index contributed by atoms with van der Waals surface area (Å²) < 4.78 is 16.9. The Morgan fingerprint density at radius 3 is 2.47 bits per heavy atom. The van der Waals surface area contributed by atoms with Gasteiger partial charge in [-0.05, 0) is 41.8 Å². The lowest BCUT2D eigenvalue weighted by molar-refractivity contribution is -0.131. The van der Waals surface area contributed by atoms with Crippen molar-refractivity contribution >= 4 is 11.6 Å². The van der Waals surface area contributed by atoms with Crippen molar-refractivity contribution in [3.63, 3.8) is 0 Å². The van der Waals surface area contributed by atoms with Crippen LogP contribution in [0.2, 0.25) is 0 Å². The molecule has 0 saturated carbocycles. The number of anilines is 1. The number of carbonyl (C=O) groups excluding carboxylic acids is 1. The van der Waals surface area contributed by atoms with Crippen molar-refractivity contribution in [3.8, 4) is 17.2 Å². The lowest BCUT2D eigenvalue weighted by Crippen LogP contribution is -2.43. The fourth-order valence-corrected chi connectivity index (χ4v) is 4.25. The molecule has 0 aromatic heterocycles. The molecule has 1 unspecified atom stereocenters. The van der Waals surface area contributed by atoms with Crippen molar-refractivity contribution in [2.24, 2.45) is 0 Å². The van der Waals surface area contributed by atoms with Gasteiger partial charge >= 0.3 is 0 Å². The van der Waals surface area contributed by atoms with Gasteiger partial charge in [0.15, 0.2) is 11.5 Å². The number of fused-ring (bicyclic) bond motifs is 1. The second kappa shape index (κ2) is 11.0. The summed E-state index contributed by atoms with van der Waals surface area (Å²) in [4.78, 5) is 17.1. The predicted molar refractivity (Wildman–Crippen MR) is 134 cm³/mol. The summed E-state index contributed by atoms with van der Waals surface area (Å²) in [6.45, 7) is 2.06. The minimum atomic E-state index is -0.199. The van der Waals surface area contributed by atoms with E-state index in [4.69, 9.17) is 14.2 Å². The zero-order valence-corrected chi connectivity index (χ0v) is 20.1. The van der Waals surface area contributed by atoms with Gasteiger partial charge in [0.1, 0.15) is 11.9 Å². The first kappa shape index (κ1) is 23.5. The lowest BCUT2D eigenvalue weighted by atomic mass is 10.1. The maximum atomic E-state index is 13.0. The number of hydrogen-bond donors (Lipinski definition) is 0. The fraction of sp³-hybridized carbons (Fsp3) is 0.321. The summed E-state index contributed by atoms with van der Waals surface area (Å²) in [6, 6.07) is 24.3. The average Bonchev–Trinajstić information content (AvgIpc) is 2.87. The van der Waals surface area contributed by atoms with Crippen molar-refractivity contribution < 1.29 is 19.0 Å². The summed E-state index contributed by atoms with van der Waals surface area (Å²) in [7, 11) is 5.10. The van der Waals surface area contributed by atoms with Crippen molar-refractivity contribution in [1.82, 2.24) is 4.90 Å². The molecule has 4 rings (SSSR count). The maximum absolute atomic E-state index is 13.0. The Bertz CT molecular complexity index is 1100. The molecule has 1 aliphatic rings. The molecule has 0 saturated heterocycles. The van der Waals surface area contributed by atoms with Crippen molar-refractivity contribution in [2.45, 2.75) is 25.5 Å². The highest BCUT2D eigenvalue weighted by Gasteiger charge is 2.28. The Morgan fingerprint density at radius 2 is 1.71 bits per heavy atom. The van der Waals surface area contributed by atoms with Crippen LogP contribution >= 0.6 is 0 Å². The molecule has 0 radical (unpaired) electrons. The van der Waals surface area contributed by atoms with E-state index in [0.717, 1.165) is 30.0 Å². The molecule has 1 aliphatic heterocycles. The smallest absolute Gasteiger partial charge is 0.226 e. The van der Waals surface area contributed by atoms with Crippen molar-refractivity contribution in [1.29, 1.82) is 0 Å². The van der Waals surface area contributed by atoms with Gasteiger partial charge in [0.05, 0.1) is 32.9 Å². The summed E-state index contributed by atoms with van der Waals surface area (Å²) in [5.41, 5.74) is 3.39. The van der Waals surface area contributed by atoms with Gasteiger partial charge in [-0.25, -0.2) is 0 Å². The molecule has 0 aliphatic carbocycles. The molecule has 3 aromatic rings. The molecule has 34 heavy (non-hydrogen) atoms. The van der Waals surface area contributed by atoms with E-state index in [1.807, 2.05) is 49.5 Å². The van der Waals surface area contributed by atoms with Gasteiger partial charge in [0, 0.05) is 20.1 Å². The van der Waals surface area contributed by atoms with Gasteiger partial charge in [0.25, 0.3) is 0 Å². The summed E-state index contributed by atoms with van der Waals surface area (Å²) in [6.07, 6.45) is 0.869. The first-order valence-corrected chi connectivity index (χ1v) is 11.6. The minimum absolute atomic E-state index is 0.0736. The number of hydrogen-bond acceptors (Lipinski definition) is 5. The van der Waals surface area contributed by atoms with Crippen LogP contribution in [-0.2, 0) is 17.8 Å². The molecule has 0 spiro atoms. The van der Waals surface area contributed by atoms with Crippen LogP contribution in [0.1, 0.15) is 17.5 Å². The van der Waals surface area contributed by atoms with Gasteiger partial charge in [-0.3, -0.25) is 4.79 Å². The number of para-hydroxylation sites is 2. The average molecular weight is 461 g/mol. The summed E-state index contributed by atoms with van der Waals surface area (Å²) in [5.74, 6) is 2.30. The molecular weight excluding hydrogens is 428 g/mol. The summed E-state index contributed by atoms with van der Waals surface area (Å²) >= 11 is 0. The first-order chi connectivity index (χ1) is 16.6. The van der Waals surface area contributed by atoms with Crippen LogP contribution in [0.15, 0.2) is 72.8 Å². The van der Waals surface area contributed by atoms with Crippen molar-refractivity contribution in [2.75, 3.05) is 39.3 Å². The molecule has 1 atom stereocenters. The van der Waals surface area contributed by atoms with Gasteiger partial charge in [0.2, 0.25) is 5.91 Å². The highest BCUT2D eigenvalue weighted by molar-refractivity contribution is 5.77. The van der Waals surface area contributed by atoms with E-state index in [-0.39, 0.29) is 12.0 Å². The molecular formula is C28H32N2O4. The minimum Gasteiger partial charge on any atom is -0.493 e. The zero-order chi connectivity index (χ0) is 23.9. The van der Waals surface area contributed by atoms with Crippen LogP contribution in [0.5, 0.6) is 17.2 Å². The van der Waals surface area contributed by atoms with Crippen LogP contribution < -0.4 is 19.1 Å². The van der Waals surface area contributed by atoms with E-state index < -0.39 is 0 Å². The van der Waals surface area contributed by atoms with E-state index >= 15 is 0 Å². The molecule has 0 fully saturated rings. The summed E-state index contributed by atoms with van der Waals surface area (Å²) in [5, 5.41) is 0. The second-order valence-corrected chi connectivity index (χ2v) is 8.53. The Balaban J connectivity index is 1.37. The highest BCUT2D eigenvalue weighted by Crippen LogP contribution is 2.35.